The van der Waals surface area contributed by atoms with Crippen LogP contribution in [0.15, 0.2) is 59.5 Å². The number of rotatable bonds is 7. The highest BCUT2D eigenvalue weighted by molar-refractivity contribution is 7.86. The molecule has 3 rings (SSSR count). The fraction of sp³-hybridized carbons (Fsp3) is 0.500. The maximum atomic E-state index is 13.2. The molecule has 2 aromatic rings. The number of aryl methyl sites for hydroxylation is 1. The second-order valence-corrected chi connectivity index (χ2v) is 17.2. The zero-order valence-electron chi connectivity index (χ0n) is 21.7. The minimum Gasteiger partial charge on any atom is -0.444 e. The number of benzene rings is 2. The molecule has 9 heteroatoms. The van der Waals surface area contributed by atoms with E-state index in [9.17, 15) is 13.2 Å². The standard InChI is InChI=1S/C26H37NO6SSi/c1-20-13-15-23(16-14-20)34(29,30)32-22-17-26(5,33-35(6,7)25(2,3)4)27(18-22)24(28)31-19-21-11-9-8-10-12-21/h8-16,22H,17-19H2,1-7H3/t22-,26+/m1/s1. The minimum absolute atomic E-state index is 0.0455. The molecule has 0 unspecified atom stereocenters. The molecule has 0 aliphatic carbocycles. The summed E-state index contributed by atoms with van der Waals surface area (Å²) >= 11 is 0. The van der Waals surface area contributed by atoms with Crippen molar-refractivity contribution < 1.29 is 26.6 Å². The van der Waals surface area contributed by atoms with E-state index in [0.29, 0.717) is 0 Å². The molecule has 0 spiro atoms. The lowest BCUT2D eigenvalue weighted by molar-refractivity contribution is -0.0474. The lowest BCUT2D eigenvalue weighted by atomic mass is 10.2. The first-order valence-electron chi connectivity index (χ1n) is 11.8. The molecule has 1 amide bonds. The maximum Gasteiger partial charge on any atom is 0.412 e. The number of hydrogen-bond donors (Lipinski definition) is 0. The van der Waals surface area contributed by atoms with Crippen LogP contribution in [-0.2, 0) is 30.1 Å². The van der Waals surface area contributed by atoms with Crippen molar-refractivity contribution in [3.05, 3.63) is 65.7 Å². The average Bonchev–Trinajstić information content (AvgIpc) is 3.06. The van der Waals surface area contributed by atoms with Gasteiger partial charge in [-0.15, -0.1) is 0 Å². The van der Waals surface area contributed by atoms with Crippen LogP contribution in [0.5, 0.6) is 0 Å². The van der Waals surface area contributed by atoms with Gasteiger partial charge >= 0.3 is 6.09 Å². The summed E-state index contributed by atoms with van der Waals surface area (Å²) in [7, 11) is -6.34. The predicted molar refractivity (Wildman–Crippen MR) is 138 cm³/mol. The smallest absolute Gasteiger partial charge is 0.412 e. The van der Waals surface area contributed by atoms with Gasteiger partial charge in [-0.2, -0.15) is 8.42 Å². The van der Waals surface area contributed by atoms with Crippen molar-refractivity contribution in [1.82, 2.24) is 4.90 Å². The largest absolute Gasteiger partial charge is 0.444 e. The van der Waals surface area contributed by atoms with E-state index < -0.39 is 36.4 Å². The van der Waals surface area contributed by atoms with Crippen LogP contribution in [0.2, 0.25) is 18.1 Å². The van der Waals surface area contributed by atoms with E-state index in [-0.39, 0.29) is 29.5 Å². The molecule has 1 heterocycles. The van der Waals surface area contributed by atoms with E-state index in [0.717, 1.165) is 11.1 Å². The molecule has 35 heavy (non-hydrogen) atoms. The molecule has 1 aliphatic rings. The molecule has 1 aliphatic heterocycles. The number of carbonyl (C=O) groups is 1. The Balaban J connectivity index is 1.83. The summed E-state index contributed by atoms with van der Waals surface area (Å²) in [6, 6.07) is 15.9. The Morgan fingerprint density at radius 2 is 1.69 bits per heavy atom. The Bertz CT molecular complexity index is 1130. The third kappa shape index (κ3) is 6.52. The maximum absolute atomic E-state index is 13.2. The topological polar surface area (TPSA) is 82.1 Å². The summed E-state index contributed by atoms with van der Waals surface area (Å²) in [6.07, 6.45) is -1.11. The lowest BCUT2D eigenvalue weighted by Crippen LogP contribution is -2.55. The van der Waals surface area contributed by atoms with Crippen LogP contribution in [0.3, 0.4) is 0 Å². The van der Waals surface area contributed by atoms with Gasteiger partial charge in [0.25, 0.3) is 10.1 Å². The molecule has 1 saturated heterocycles. The second-order valence-electron chi connectivity index (χ2n) is 10.9. The van der Waals surface area contributed by atoms with Crippen LogP contribution >= 0.6 is 0 Å². The molecule has 0 N–H and O–H groups in total. The van der Waals surface area contributed by atoms with Crippen molar-refractivity contribution in [2.45, 2.75) is 82.5 Å². The van der Waals surface area contributed by atoms with Gasteiger partial charge in [0.05, 0.1) is 17.5 Å². The molecular formula is C26H37NO6SSi. The van der Waals surface area contributed by atoms with Gasteiger partial charge in [0.1, 0.15) is 12.3 Å². The Labute approximate surface area is 210 Å². The first-order valence-corrected chi connectivity index (χ1v) is 16.1. The summed E-state index contributed by atoms with van der Waals surface area (Å²) in [5, 5.41) is -0.109. The molecular weight excluding hydrogens is 482 g/mol. The molecule has 192 valence electrons. The van der Waals surface area contributed by atoms with Crippen LogP contribution < -0.4 is 0 Å². The SMILES string of the molecule is Cc1ccc(S(=O)(=O)O[C@H]2CN(C(=O)OCc3ccccc3)[C@@](C)(O[Si](C)(C)C(C)(C)C)C2)cc1. The van der Waals surface area contributed by atoms with Gasteiger partial charge in [-0.05, 0) is 49.7 Å². The molecule has 0 bridgehead atoms. The number of ether oxygens (including phenoxy) is 1. The zero-order chi connectivity index (χ0) is 26.1. The second kappa shape index (κ2) is 10.0. The quantitative estimate of drug-likeness (QED) is 0.337. The molecule has 1 fully saturated rings. The average molecular weight is 520 g/mol. The first kappa shape index (κ1) is 27.4. The van der Waals surface area contributed by atoms with Gasteiger partial charge in [-0.25, -0.2) is 4.79 Å². The third-order valence-electron chi connectivity index (χ3n) is 6.84. The summed E-state index contributed by atoms with van der Waals surface area (Å²) in [5.41, 5.74) is 0.749. The molecule has 7 nitrogen and oxygen atoms in total. The molecule has 2 aromatic carbocycles. The van der Waals surface area contributed by atoms with Crippen LogP contribution in [0.4, 0.5) is 4.79 Å². The van der Waals surface area contributed by atoms with Crippen molar-refractivity contribution >= 4 is 24.5 Å². The number of amides is 1. The Morgan fingerprint density at radius 3 is 2.26 bits per heavy atom. The van der Waals surface area contributed by atoms with E-state index in [1.165, 1.54) is 17.0 Å². The van der Waals surface area contributed by atoms with Crippen molar-refractivity contribution in [2.24, 2.45) is 0 Å². The zero-order valence-corrected chi connectivity index (χ0v) is 23.5. The molecule has 0 radical (unpaired) electrons. The van der Waals surface area contributed by atoms with E-state index >= 15 is 0 Å². The van der Waals surface area contributed by atoms with Gasteiger partial charge in [-0.3, -0.25) is 9.08 Å². The number of likely N-dealkylation sites (tertiary alicyclic amines) is 1. The van der Waals surface area contributed by atoms with Gasteiger partial charge in [-0.1, -0.05) is 68.8 Å². The van der Waals surface area contributed by atoms with Crippen molar-refractivity contribution in [3.63, 3.8) is 0 Å². The van der Waals surface area contributed by atoms with Gasteiger partial charge in [0, 0.05) is 6.42 Å². The van der Waals surface area contributed by atoms with E-state index in [4.69, 9.17) is 13.3 Å². The summed E-state index contributed by atoms with van der Waals surface area (Å²) in [6.45, 7) is 14.4. The summed E-state index contributed by atoms with van der Waals surface area (Å²) in [5.74, 6) is 0. The van der Waals surface area contributed by atoms with Crippen LogP contribution in [0.25, 0.3) is 0 Å². The van der Waals surface area contributed by atoms with Crippen molar-refractivity contribution in [1.29, 1.82) is 0 Å². The highest BCUT2D eigenvalue weighted by Crippen LogP contribution is 2.43. The monoisotopic (exact) mass is 519 g/mol. The van der Waals surface area contributed by atoms with Crippen LogP contribution in [0.1, 0.15) is 45.2 Å². The summed E-state index contributed by atoms with van der Waals surface area (Å²) in [4.78, 5) is 14.8. The third-order valence-corrected chi connectivity index (χ3v) is 12.8. The molecule has 0 aromatic heterocycles. The van der Waals surface area contributed by atoms with E-state index in [1.807, 2.05) is 44.2 Å². The lowest BCUT2D eigenvalue weighted by Gasteiger charge is -2.45. The summed E-state index contributed by atoms with van der Waals surface area (Å²) < 4.78 is 43.8. The van der Waals surface area contributed by atoms with Gasteiger partial charge < -0.3 is 9.16 Å². The van der Waals surface area contributed by atoms with Crippen molar-refractivity contribution in [2.75, 3.05) is 6.54 Å². The molecule has 0 saturated carbocycles. The van der Waals surface area contributed by atoms with Crippen LogP contribution in [0, 0.1) is 6.92 Å². The Kier molecular flexibility index (Phi) is 7.86. The first-order chi connectivity index (χ1) is 16.1. The highest BCUT2D eigenvalue weighted by Gasteiger charge is 2.53. The normalized spacial score (nSPS) is 21.2. The van der Waals surface area contributed by atoms with Crippen molar-refractivity contribution in [3.8, 4) is 0 Å². The van der Waals surface area contributed by atoms with E-state index in [1.54, 1.807) is 12.1 Å². The fourth-order valence-corrected chi connectivity index (χ4v) is 6.53. The van der Waals surface area contributed by atoms with Crippen LogP contribution in [-0.4, -0.2) is 46.1 Å². The van der Waals surface area contributed by atoms with E-state index in [2.05, 4.69) is 33.9 Å². The minimum atomic E-state index is -4.01. The number of hydrogen-bond acceptors (Lipinski definition) is 6. The fourth-order valence-electron chi connectivity index (χ4n) is 3.86. The number of carbonyl (C=O) groups excluding carboxylic acids is 1. The Hall–Kier alpha value is -2.20. The predicted octanol–water partition coefficient (Wildman–Crippen LogP) is 5.85. The number of nitrogens with zero attached hydrogens (tertiary/aromatic N) is 1. The van der Waals surface area contributed by atoms with Gasteiger partial charge in [0.2, 0.25) is 0 Å². The molecule has 2 atom stereocenters. The highest BCUT2D eigenvalue weighted by atomic mass is 32.2. The Morgan fingerprint density at radius 1 is 1.09 bits per heavy atom. The van der Waals surface area contributed by atoms with Gasteiger partial charge in [0.15, 0.2) is 8.32 Å².